The SMILES string of the molecule is COC(=O)N(C#N)Cc1nc(N(C)C)nc(N(C)C)n1. The van der Waals surface area contributed by atoms with Crippen LogP contribution >= 0.6 is 0 Å². The van der Waals surface area contributed by atoms with Crippen molar-refractivity contribution in [2.45, 2.75) is 6.54 Å². The second-order valence-electron chi connectivity index (χ2n) is 4.30. The smallest absolute Gasteiger partial charge is 0.423 e. The summed E-state index contributed by atoms with van der Waals surface area (Å²) in [7, 11) is 8.38. The first-order valence-electron chi connectivity index (χ1n) is 5.73. The van der Waals surface area contributed by atoms with Crippen LogP contribution in [0.3, 0.4) is 0 Å². The fourth-order valence-corrected chi connectivity index (χ4v) is 1.26. The van der Waals surface area contributed by atoms with Gasteiger partial charge in [-0.1, -0.05) is 0 Å². The molecule has 0 aliphatic rings. The van der Waals surface area contributed by atoms with Crippen LogP contribution in [0.25, 0.3) is 0 Å². The Balaban J connectivity index is 3.11. The number of rotatable bonds is 4. The lowest BCUT2D eigenvalue weighted by molar-refractivity contribution is 0.139. The fourth-order valence-electron chi connectivity index (χ4n) is 1.26. The normalized spacial score (nSPS) is 9.60. The van der Waals surface area contributed by atoms with E-state index in [9.17, 15) is 4.79 Å². The van der Waals surface area contributed by atoms with Crippen LogP contribution in [0.15, 0.2) is 0 Å². The van der Waals surface area contributed by atoms with E-state index < -0.39 is 6.09 Å². The number of ether oxygens (including phenoxy) is 1. The highest BCUT2D eigenvalue weighted by molar-refractivity contribution is 5.69. The molecule has 0 spiro atoms. The van der Waals surface area contributed by atoms with Crippen LogP contribution in [0.5, 0.6) is 0 Å². The molecular formula is C11H17N7O2. The number of anilines is 2. The largest absolute Gasteiger partial charge is 0.452 e. The molecule has 9 heteroatoms. The van der Waals surface area contributed by atoms with Gasteiger partial charge in [-0.25, -0.2) is 9.69 Å². The Hall–Kier alpha value is -2.63. The van der Waals surface area contributed by atoms with Gasteiger partial charge in [-0.15, -0.1) is 0 Å². The van der Waals surface area contributed by atoms with Gasteiger partial charge in [-0.05, 0) is 0 Å². The third-order valence-corrected chi connectivity index (χ3v) is 2.27. The first-order valence-corrected chi connectivity index (χ1v) is 5.73. The Kier molecular flexibility index (Phi) is 5.02. The molecule has 9 nitrogen and oxygen atoms in total. The average molecular weight is 279 g/mol. The van der Waals surface area contributed by atoms with E-state index in [0.717, 1.165) is 4.90 Å². The molecule has 1 aromatic rings. The summed E-state index contributed by atoms with van der Waals surface area (Å²) in [6.45, 7) is -0.0760. The lowest BCUT2D eigenvalue weighted by Gasteiger charge is -2.17. The Morgan fingerprint density at radius 3 is 2.00 bits per heavy atom. The van der Waals surface area contributed by atoms with Crippen molar-refractivity contribution in [2.24, 2.45) is 0 Å². The minimum Gasteiger partial charge on any atom is -0.452 e. The van der Waals surface area contributed by atoms with Crippen molar-refractivity contribution in [3.05, 3.63) is 5.82 Å². The average Bonchev–Trinajstić information content (AvgIpc) is 2.43. The van der Waals surface area contributed by atoms with Crippen molar-refractivity contribution in [3.8, 4) is 6.19 Å². The van der Waals surface area contributed by atoms with Crippen molar-refractivity contribution in [1.82, 2.24) is 19.9 Å². The van der Waals surface area contributed by atoms with E-state index in [1.165, 1.54) is 7.11 Å². The molecule has 0 aliphatic heterocycles. The lowest BCUT2D eigenvalue weighted by Crippen LogP contribution is -2.28. The molecular weight excluding hydrogens is 262 g/mol. The van der Waals surface area contributed by atoms with E-state index in [4.69, 9.17) is 5.26 Å². The summed E-state index contributed by atoms with van der Waals surface area (Å²) in [6.07, 6.45) is 0.971. The monoisotopic (exact) mass is 279 g/mol. The lowest BCUT2D eigenvalue weighted by atomic mass is 10.5. The standard InChI is InChI=1S/C11H17N7O2/c1-16(2)9-13-8(14-10(15-9)17(3)4)6-18(7-12)11(19)20-5/h6H2,1-5H3. The summed E-state index contributed by atoms with van der Waals surface area (Å²) in [5.41, 5.74) is 0. The number of nitrogens with zero attached hydrogens (tertiary/aromatic N) is 7. The van der Waals surface area contributed by atoms with E-state index in [2.05, 4.69) is 19.7 Å². The summed E-state index contributed by atoms with van der Waals surface area (Å²) < 4.78 is 4.50. The third-order valence-electron chi connectivity index (χ3n) is 2.27. The predicted molar refractivity (Wildman–Crippen MR) is 72.0 cm³/mol. The molecule has 1 rings (SSSR count). The Morgan fingerprint density at radius 1 is 1.15 bits per heavy atom. The molecule has 1 heterocycles. The summed E-state index contributed by atoms with van der Waals surface area (Å²) in [5.74, 6) is 1.20. The van der Waals surface area contributed by atoms with Crippen molar-refractivity contribution in [1.29, 1.82) is 5.26 Å². The maximum absolute atomic E-state index is 11.4. The summed E-state index contributed by atoms with van der Waals surface area (Å²) in [6, 6.07) is 0. The zero-order valence-electron chi connectivity index (χ0n) is 12.2. The van der Waals surface area contributed by atoms with E-state index >= 15 is 0 Å². The number of aromatic nitrogens is 3. The van der Waals surface area contributed by atoms with Crippen LogP contribution in [0, 0.1) is 11.5 Å². The maximum atomic E-state index is 11.4. The van der Waals surface area contributed by atoms with Crippen LogP contribution in [0.4, 0.5) is 16.7 Å². The highest BCUT2D eigenvalue weighted by Crippen LogP contribution is 2.11. The summed E-state index contributed by atoms with van der Waals surface area (Å²) in [5, 5.41) is 8.93. The summed E-state index contributed by atoms with van der Waals surface area (Å²) in [4.78, 5) is 28.3. The van der Waals surface area contributed by atoms with Gasteiger partial charge in [0.25, 0.3) is 0 Å². The molecule has 0 unspecified atom stereocenters. The van der Waals surface area contributed by atoms with Crippen molar-refractivity contribution in [2.75, 3.05) is 45.1 Å². The molecule has 0 aliphatic carbocycles. The Bertz CT molecular complexity index is 498. The minimum atomic E-state index is -0.759. The molecule has 0 saturated carbocycles. The van der Waals surface area contributed by atoms with Gasteiger partial charge in [0.15, 0.2) is 12.0 Å². The molecule has 0 radical (unpaired) electrons. The minimum absolute atomic E-state index is 0.0760. The Morgan fingerprint density at radius 2 is 1.65 bits per heavy atom. The van der Waals surface area contributed by atoms with Gasteiger partial charge in [0.2, 0.25) is 11.9 Å². The van der Waals surface area contributed by atoms with Gasteiger partial charge in [-0.3, -0.25) is 0 Å². The van der Waals surface area contributed by atoms with Gasteiger partial charge >= 0.3 is 6.09 Å². The highest BCUT2D eigenvalue weighted by Gasteiger charge is 2.17. The van der Waals surface area contributed by atoms with Crippen LogP contribution in [-0.2, 0) is 11.3 Å². The van der Waals surface area contributed by atoms with Gasteiger partial charge in [0.05, 0.1) is 13.7 Å². The van der Waals surface area contributed by atoms with E-state index in [1.807, 2.05) is 0 Å². The quantitative estimate of drug-likeness (QED) is 0.563. The van der Waals surface area contributed by atoms with Gasteiger partial charge in [0, 0.05) is 28.2 Å². The van der Waals surface area contributed by atoms with Gasteiger partial charge < -0.3 is 14.5 Å². The Labute approximate surface area is 117 Å². The van der Waals surface area contributed by atoms with Crippen molar-refractivity contribution >= 4 is 18.0 Å². The van der Waals surface area contributed by atoms with Gasteiger partial charge in [-0.2, -0.15) is 20.2 Å². The number of hydrogen-bond donors (Lipinski definition) is 0. The molecule has 20 heavy (non-hydrogen) atoms. The number of methoxy groups -OCH3 is 1. The molecule has 108 valence electrons. The van der Waals surface area contributed by atoms with Crippen LogP contribution in [-0.4, -0.2) is 61.2 Å². The molecule has 0 atom stereocenters. The van der Waals surface area contributed by atoms with E-state index in [0.29, 0.717) is 17.7 Å². The van der Waals surface area contributed by atoms with Crippen LogP contribution in [0.1, 0.15) is 5.82 Å². The number of nitriles is 1. The second kappa shape index (κ2) is 6.51. The number of carbonyl (C=O) groups is 1. The second-order valence-corrected chi connectivity index (χ2v) is 4.30. The number of amides is 1. The molecule has 0 N–H and O–H groups in total. The number of carbonyl (C=O) groups excluding carboxylic acids is 1. The molecule has 0 fully saturated rings. The molecule has 0 saturated heterocycles. The van der Waals surface area contributed by atoms with Crippen LogP contribution < -0.4 is 9.80 Å². The molecule has 1 aromatic heterocycles. The maximum Gasteiger partial charge on any atom is 0.423 e. The molecule has 1 amide bonds. The molecule has 0 aromatic carbocycles. The van der Waals surface area contributed by atoms with E-state index in [-0.39, 0.29) is 6.54 Å². The summed E-state index contributed by atoms with van der Waals surface area (Å²) >= 11 is 0. The highest BCUT2D eigenvalue weighted by atomic mass is 16.5. The fraction of sp³-hybridized carbons (Fsp3) is 0.545. The van der Waals surface area contributed by atoms with Crippen LogP contribution in [0.2, 0.25) is 0 Å². The molecule has 0 bridgehead atoms. The zero-order valence-corrected chi connectivity index (χ0v) is 12.2. The van der Waals surface area contributed by atoms with E-state index in [1.54, 1.807) is 44.2 Å². The van der Waals surface area contributed by atoms with Crippen molar-refractivity contribution in [3.63, 3.8) is 0 Å². The first-order chi connectivity index (χ1) is 9.38. The zero-order chi connectivity index (χ0) is 15.3. The van der Waals surface area contributed by atoms with Crippen molar-refractivity contribution < 1.29 is 9.53 Å². The topological polar surface area (TPSA) is 98.5 Å². The third kappa shape index (κ3) is 3.68. The van der Waals surface area contributed by atoms with Gasteiger partial charge in [0.1, 0.15) is 0 Å². The predicted octanol–water partition coefficient (Wildman–Crippen LogP) is 0.0531. The number of hydrogen-bond acceptors (Lipinski definition) is 8. The first kappa shape index (κ1) is 15.4.